The molecule has 2 rings (SSSR count). The third-order valence-electron chi connectivity index (χ3n) is 2.94. The summed E-state index contributed by atoms with van der Waals surface area (Å²) in [7, 11) is 0. The highest BCUT2D eigenvalue weighted by Crippen LogP contribution is 2.26. The molecule has 0 saturated heterocycles. The van der Waals surface area contributed by atoms with Crippen LogP contribution in [-0.4, -0.2) is 27.3 Å². The Balaban J connectivity index is 1.72. The van der Waals surface area contributed by atoms with Gasteiger partial charge in [0.05, 0.1) is 11.5 Å². The van der Waals surface area contributed by atoms with Gasteiger partial charge in [0.1, 0.15) is 0 Å². The van der Waals surface area contributed by atoms with Crippen molar-refractivity contribution < 1.29 is 9.66 Å². The topological polar surface area (TPSA) is 98.1 Å². The molecule has 1 heterocycles. The third kappa shape index (κ3) is 5.41. The molecule has 1 N–H and O–H groups in total. The Bertz CT molecular complexity index is 733. The van der Waals surface area contributed by atoms with Crippen LogP contribution in [0.15, 0.2) is 40.3 Å². The van der Waals surface area contributed by atoms with Crippen LogP contribution in [0.25, 0.3) is 0 Å². The number of H-pyrrole nitrogens is 1. The lowest BCUT2D eigenvalue weighted by atomic mass is 10.3. The molecule has 0 saturated carbocycles. The second kappa shape index (κ2) is 8.33. The van der Waals surface area contributed by atoms with E-state index in [2.05, 4.69) is 9.97 Å². The van der Waals surface area contributed by atoms with Gasteiger partial charge in [-0.25, -0.2) is 4.98 Å². The highest BCUT2D eigenvalue weighted by atomic mass is 32.2. The summed E-state index contributed by atoms with van der Waals surface area (Å²) in [6.45, 7) is 2.18. The molecule has 1 aromatic heterocycles. The zero-order chi connectivity index (χ0) is 16.7. The van der Waals surface area contributed by atoms with Gasteiger partial charge in [0.15, 0.2) is 10.9 Å². The molecule has 0 amide bonds. The lowest BCUT2D eigenvalue weighted by molar-refractivity contribution is -0.385. The summed E-state index contributed by atoms with van der Waals surface area (Å²) in [6.07, 6.45) is 1.61. The second-order valence-corrected chi connectivity index (χ2v) is 5.90. The summed E-state index contributed by atoms with van der Waals surface area (Å²) >= 11 is 1.47. The average molecular weight is 335 g/mol. The Morgan fingerprint density at radius 2 is 2.13 bits per heavy atom. The smallest absolute Gasteiger partial charge is 0.310 e. The van der Waals surface area contributed by atoms with Crippen LogP contribution in [0.1, 0.15) is 18.5 Å². The van der Waals surface area contributed by atoms with E-state index in [0.717, 1.165) is 18.6 Å². The number of benzene rings is 1. The number of nitrogens with one attached hydrogen (secondary N) is 1. The summed E-state index contributed by atoms with van der Waals surface area (Å²) in [6, 6.07) is 7.78. The zero-order valence-corrected chi connectivity index (χ0v) is 13.5. The number of aryl methyl sites for hydroxylation is 1. The van der Waals surface area contributed by atoms with E-state index in [1.165, 1.54) is 23.9 Å². The molecular formula is C15H17N3O4S. The largest absolute Gasteiger partial charge is 0.487 e. The highest BCUT2D eigenvalue weighted by Gasteiger charge is 2.12. The standard InChI is InChI=1S/C15H17N3O4S/c1-11-10-14(19)17-15(16-11)23-9-5-4-8-22-13-7-3-2-6-12(13)18(20)21/h2-3,6-7,10H,4-5,8-9H2,1H3,(H,16,17,19). The van der Waals surface area contributed by atoms with Crippen LogP contribution in [-0.2, 0) is 0 Å². The Kier molecular flexibility index (Phi) is 6.16. The minimum absolute atomic E-state index is 0.0246. The van der Waals surface area contributed by atoms with Gasteiger partial charge in [0.2, 0.25) is 0 Å². The van der Waals surface area contributed by atoms with Crippen molar-refractivity contribution in [2.75, 3.05) is 12.4 Å². The van der Waals surface area contributed by atoms with Crippen LogP contribution in [0, 0.1) is 17.0 Å². The van der Waals surface area contributed by atoms with Gasteiger partial charge in [-0.3, -0.25) is 14.9 Å². The number of unbranched alkanes of at least 4 members (excludes halogenated alkanes) is 1. The van der Waals surface area contributed by atoms with Gasteiger partial charge in [-0.1, -0.05) is 23.9 Å². The summed E-state index contributed by atoms with van der Waals surface area (Å²) < 4.78 is 5.46. The molecule has 0 radical (unpaired) electrons. The van der Waals surface area contributed by atoms with Gasteiger partial charge in [0, 0.05) is 23.6 Å². The van der Waals surface area contributed by atoms with Crippen molar-refractivity contribution in [3.05, 3.63) is 56.5 Å². The predicted octanol–water partition coefficient (Wildman–Crippen LogP) is 2.94. The third-order valence-corrected chi connectivity index (χ3v) is 3.90. The van der Waals surface area contributed by atoms with Crippen molar-refractivity contribution in [3.63, 3.8) is 0 Å². The SMILES string of the molecule is Cc1cc(=O)[nH]c(SCCCCOc2ccccc2[N+](=O)[O-])n1. The van der Waals surface area contributed by atoms with Crippen LogP contribution in [0.4, 0.5) is 5.69 Å². The normalized spacial score (nSPS) is 10.5. The first-order chi connectivity index (χ1) is 11.1. The van der Waals surface area contributed by atoms with Gasteiger partial charge >= 0.3 is 5.69 Å². The molecule has 0 atom stereocenters. The van der Waals surface area contributed by atoms with Crippen LogP contribution in [0.2, 0.25) is 0 Å². The fourth-order valence-electron chi connectivity index (χ4n) is 1.91. The molecule has 7 nitrogen and oxygen atoms in total. The van der Waals surface area contributed by atoms with E-state index in [1.807, 2.05) is 0 Å². The van der Waals surface area contributed by atoms with Crippen molar-refractivity contribution >= 4 is 17.4 Å². The number of aromatic amines is 1. The lowest BCUT2D eigenvalue weighted by Gasteiger charge is -2.06. The van der Waals surface area contributed by atoms with Gasteiger partial charge in [-0.05, 0) is 25.8 Å². The molecule has 0 bridgehead atoms. The maximum absolute atomic E-state index is 11.3. The van der Waals surface area contributed by atoms with Crippen molar-refractivity contribution in [2.45, 2.75) is 24.9 Å². The number of nitro benzene ring substituents is 1. The Labute approximate surface area is 137 Å². The minimum atomic E-state index is -0.453. The molecule has 0 aliphatic rings. The number of hydrogen-bond donors (Lipinski definition) is 1. The molecule has 0 spiro atoms. The Morgan fingerprint density at radius 3 is 2.87 bits per heavy atom. The van der Waals surface area contributed by atoms with Gasteiger partial charge in [0.25, 0.3) is 5.56 Å². The summed E-state index contributed by atoms with van der Waals surface area (Å²) in [5.41, 5.74) is 0.513. The van der Waals surface area contributed by atoms with Crippen LogP contribution < -0.4 is 10.3 Å². The number of ether oxygens (including phenoxy) is 1. The zero-order valence-electron chi connectivity index (χ0n) is 12.7. The number of nitro groups is 1. The van der Waals surface area contributed by atoms with Gasteiger partial charge in [-0.2, -0.15) is 0 Å². The maximum Gasteiger partial charge on any atom is 0.310 e. The molecule has 23 heavy (non-hydrogen) atoms. The molecule has 0 aliphatic heterocycles. The van der Waals surface area contributed by atoms with E-state index >= 15 is 0 Å². The van der Waals surface area contributed by atoms with Crippen molar-refractivity contribution in [2.24, 2.45) is 0 Å². The van der Waals surface area contributed by atoms with E-state index in [0.29, 0.717) is 17.5 Å². The number of nitrogens with zero attached hydrogens (tertiary/aromatic N) is 2. The van der Waals surface area contributed by atoms with Crippen LogP contribution in [0.3, 0.4) is 0 Å². The average Bonchev–Trinajstić information content (AvgIpc) is 2.50. The number of aromatic nitrogens is 2. The maximum atomic E-state index is 11.3. The molecular weight excluding hydrogens is 318 g/mol. The first-order valence-corrected chi connectivity index (χ1v) is 8.12. The van der Waals surface area contributed by atoms with E-state index < -0.39 is 4.92 Å². The number of rotatable bonds is 8. The molecule has 122 valence electrons. The fourth-order valence-corrected chi connectivity index (χ4v) is 2.83. The minimum Gasteiger partial charge on any atom is -0.487 e. The molecule has 0 fully saturated rings. The summed E-state index contributed by atoms with van der Waals surface area (Å²) in [4.78, 5) is 28.6. The van der Waals surface area contributed by atoms with Crippen molar-refractivity contribution in [3.8, 4) is 5.75 Å². The first kappa shape index (κ1) is 17.0. The number of para-hydroxylation sites is 2. The number of hydrogen-bond acceptors (Lipinski definition) is 6. The quantitative estimate of drug-likeness (QED) is 0.262. The molecule has 2 aromatic rings. The molecule has 0 aliphatic carbocycles. The van der Waals surface area contributed by atoms with E-state index in [9.17, 15) is 14.9 Å². The number of thioether (sulfide) groups is 1. The predicted molar refractivity (Wildman–Crippen MR) is 88.1 cm³/mol. The lowest BCUT2D eigenvalue weighted by Crippen LogP contribution is -2.08. The molecule has 0 unspecified atom stereocenters. The van der Waals surface area contributed by atoms with Crippen LogP contribution in [0.5, 0.6) is 5.75 Å². The van der Waals surface area contributed by atoms with Crippen molar-refractivity contribution in [1.82, 2.24) is 9.97 Å². The summed E-state index contributed by atoms with van der Waals surface area (Å²) in [5.74, 6) is 1.07. The fraction of sp³-hybridized carbons (Fsp3) is 0.333. The second-order valence-electron chi connectivity index (χ2n) is 4.82. The monoisotopic (exact) mass is 335 g/mol. The summed E-state index contributed by atoms with van der Waals surface area (Å²) in [5, 5.41) is 11.5. The molecule has 1 aromatic carbocycles. The van der Waals surface area contributed by atoms with Gasteiger partial charge < -0.3 is 9.72 Å². The van der Waals surface area contributed by atoms with E-state index in [-0.39, 0.29) is 17.0 Å². The highest BCUT2D eigenvalue weighted by molar-refractivity contribution is 7.99. The van der Waals surface area contributed by atoms with E-state index in [4.69, 9.17) is 4.74 Å². The molecule has 8 heteroatoms. The van der Waals surface area contributed by atoms with Crippen molar-refractivity contribution in [1.29, 1.82) is 0 Å². The Morgan fingerprint density at radius 1 is 1.35 bits per heavy atom. The Hall–Kier alpha value is -2.35. The first-order valence-electron chi connectivity index (χ1n) is 7.13. The van der Waals surface area contributed by atoms with E-state index in [1.54, 1.807) is 25.1 Å². The van der Waals surface area contributed by atoms with Gasteiger partial charge in [-0.15, -0.1) is 0 Å². The van der Waals surface area contributed by atoms with Crippen LogP contribution >= 0.6 is 11.8 Å².